The molecule has 1 N–H and O–H groups in total. The van der Waals surface area contributed by atoms with E-state index in [1.54, 1.807) is 4.90 Å². The molecule has 1 heterocycles. The summed E-state index contributed by atoms with van der Waals surface area (Å²) in [5.74, 6) is -0.0132. The average Bonchev–Trinajstić information content (AvgIpc) is 2.70. The van der Waals surface area contributed by atoms with E-state index in [4.69, 9.17) is 9.16 Å². The van der Waals surface area contributed by atoms with Gasteiger partial charge in [0.15, 0.2) is 0 Å². The number of benzene rings is 2. The molecule has 0 aromatic heterocycles. The minimum Gasteiger partial charge on any atom is -0.444 e. The summed E-state index contributed by atoms with van der Waals surface area (Å²) in [6, 6.07) is 20.7. The van der Waals surface area contributed by atoms with Crippen molar-refractivity contribution in [3.8, 4) is 0 Å². The number of rotatable bonds is 6. The Balaban J connectivity index is 1.96. The number of hydrogen-bond acceptors (Lipinski definition) is 4. The molecular formula is C26H37NO4Si. The van der Waals surface area contributed by atoms with Gasteiger partial charge < -0.3 is 19.2 Å². The van der Waals surface area contributed by atoms with E-state index in [1.807, 2.05) is 32.9 Å². The van der Waals surface area contributed by atoms with E-state index >= 15 is 0 Å². The number of nitrogens with zero attached hydrogens (tertiary/aromatic N) is 1. The van der Waals surface area contributed by atoms with Gasteiger partial charge in [0, 0.05) is 19.1 Å². The third-order valence-electron chi connectivity index (χ3n) is 6.13. The van der Waals surface area contributed by atoms with Crippen molar-refractivity contribution < 1.29 is 19.1 Å². The zero-order chi connectivity index (χ0) is 23.6. The fourth-order valence-electron chi connectivity index (χ4n) is 4.53. The van der Waals surface area contributed by atoms with E-state index in [2.05, 4.69) is 69.3 Å². The molecule has 32 heavy (non-hydrogen) atoms. The molecular weight excluding hydrogens is 418 g/mol. The second-order valence-electron chi connectivity index (χ2n) is 10.6. The monoisotopic (exact) mass is 455 g/mol. The molecule has 1 aliphatic heterocycles. The van der Waals surface area contributed by atoms with Crippen molar-refractivity contribution in [1.29, 1.82) is 0 Å². The van der Waals surface area contributed by atoms with Crippen LogP contribution in [-0.2, 0) is 9.16 Å². The predicted octanol–water partition coefficient (Wildman–Crippen LogP) is 3.79. The highest BCUT2D eigenvalue weighted by Gasteiger charge is 2.52. The molecule has 0 radical (unpaired) electrons. The first-order valence-corrected chi connectivity index (χ1v) is 13.3. The fourth-order valence-corrected chi connectivity index (χ4v) is 9.11. The summed E-state index contributed by atoms with van der Waals surface area (Å²) in [7, 11) is -2.71. The van der Waals surface area contributed by atoms with Crippen molar-refractivity contribution >= 4 is 24.8 Å². The zero-order valence-electron chi connectivity index (χ0n) is 20.2. The molecule has 0 aliphatic carbocycles. The molecule has 2 aromatic carbocycles. The maximum absolute atomic E-state index is 12.8. The van der Waals surface area contributed by atoms with Crippen molar-refractivity contribution in [3.63, 3.8) is 0 Å². The van der Waals surface area contributed by atoms with Gasteiger partial charge in [0.1, 0.15) is 5.60 Å². The minimum atomic E-state index is -2.71. The topological polar surface area (TPSA) is 59.0 Å². The van der Waals surface area contributed by atoms with Gasteiger partial charge in [-0.25, -0.2) is 4.79 Å². The lowest BCUT2D eigenvalue weighted by molar-refractivity contribution is -0.0566. The maximum atomic E-state index is 12.8. The van der Waals surface area contributed by atoms with E-state index in [1.165, 1.54) is 10.4 Å². The van der Waals surface area contributed by atoms with Crippen molar-refractivity contribution in [2.75, 3.05) is 19.8 Å². The number of carbonyl (C=O) groups is 1. The Morgan fingerprint density at radius 3 is 1.88 bits per heavy atom. The predicted molar refractivity (Wildman–Crippen MR) is 131 cm³/mol. The first kappa shape index (κ1) is 24.5. The van der Waals surface area contributed by atoms with Gasteiger partial charge in [-0.15, -0.1) is 0 Å². The first-order chi connectivity index (χ1) is 15.0. The Bertz CT molecular complexity index is 850. The normalized spacial score (nSPS) is 19.4. The summed E-state index contributed by atoms with van der Waals surface area (Å²) < 4.78 is 12.6. The van der Waals surface area contributed by atoms with Gasteiger partial charge in [0.2, 0.25) is 0 Å². The molecule has 1 amide bonds. The highest BCUT2D eigenvalue weighted by atomic mass is 28.4. The van der Waals surface area contributed by atoms with Crippen molar-refractivity contribution in [2.24, 2.45) is 5.92 Å². The van der Waals surface area contributed by atoms with Crippen LogP contribution >= 0.6 is 0 Å². The summed E-state index contributed by atoms with van der Waals surface area (Å²) in [5.41, 5.74) is -0.565. The summed E-state index contributed by atoms with van der Waals surface area (Å²) in [6.07, 6.45) is -0.349. The summed E-state index contributed by atoms with van der Waals surface area (Å²) >= 11 is 0. The lowest BCUT2D eigenvalue weighted by Gasteiger charge is -2.50. The summed E-state index contributed by atoms with van der Waals surface area (Å²) in [6.45, 7) is 13.2. The van der Waals surface area contributed by atoms with Crippen LogP contribution in [0.4, 0.5) is 4.79 Å². The van der Waals surface area contributed by atoms with Crippen molar-refractivity contribution in [2.45, 2.75) is 58.2 Å². The lowest BCUT2D eigenvalue weighted by atomic mass is 9.90. The molecule has 0 unspecified atom stereocenters. The highest BCUT2D eigenvalue weighted by Crippen LogP contribution is 2.38. The van der Waals surface area contributed by atoms with E-state index in [9.17, 15) is 9.90 Å². The van der Waals surface area contributed by atoms with Crippen molar-refractivity contribution in [1.82, 2.24) is 4.90 Å². The van der Waals surface area contributed by atoms with Gasteiger partial charge in [-0.05, 0) is 36.2 Å². The third kappa shape index (κ3) is 4.92. The largest absolute Gasteiger partial charge is 0.444 e. The van der Waals surface area contributed by atoms with Crippen molar-refractivity contribution in [3.05, 3.63) is 60.7 Å². The van der Waals surface area contributed by atoms with Crippen LogP contribution in [-0.4, -0.2) is 55.8 Å². The Kier molecular flexibility index (Phi) is 7.17. The Morgan fingerprint density at radius 1 is 0.969 bits per heavy atom. The van der Waals surface area contributed by atoms with E-state index in [0.717, 1.165) is 0 Å². The molecule has 6 heteroatoms. The third-order valence-corrected chi connectivity index (χ3v) is 11.1. The summed E-state index contributed by atoms with van der Waals surface area (Å²) in [5, 5.41) is 12.1. The number of carbonyl (C=O) groups excluding carboxylic acids is 1. The van der Waals surface area contributed by atoms with Crippen LogP contribution in [0.3, 0.4) is 0 Å². The van der Waals surface area contributed by atoms with E-state index in [-0.39, 0.29) is 29.7 Å². The smallest absolute Gasteiger partial charge is 0.410 e. The zero-order valence-corrected chi connectivity index (χ0v) is 21.2. The van der Waals surface area contributed by atoms with Gasteiger partial charge in [-0.2, -0.15) is 0 Å². The van der Waals surface area contributed by atoms with E-state index < -0.39 is 13.9 Å². The van der Waals surface area contributed by atoms with Crippen LogP contribution in [0.1, 0.15) is 41.5 Å². The maximum Gasteiger partial charge on any atom is 0.410 e. The number of aliphatic hydroxyl groups is 1. The molecule has 1 aliphatic rings. The molecule has 2 atom stereocenters. The molecule has 174 valence electrons. The van der Waals surface area contributed by atoms with Gasteiger partial charge >= 0.3 is 6.09 Å². The Labute approximate surface area is 193 Å². The van der Waals surface area contributed by atoms with E-state index in [0.29, 0.717) is 13.2 Å². The number of hydrogen-bond donors (Lipinski definition) is 1. The molecule has 0 bridgehead atoms. The highest BCUT2D eigenvalue weighted by molar-refractivity contribution is 6.99. The second kappa shape index (κ2) is 9.38. The lowest BCUT2D eigenvalue weighted by Crippen LogP contribution is -2.69. The van der Waals surface area contributed by atoms with Gasteiger partial charge in [-0.3, -0.25) is 0 Å². The quantitative estimate of drug-likeness (QED) is 0.674. The Morgan fingerprint density at radius 2 is 1.47 bits per heavy atom. The molecule has 1 fully saturated rings. The first-order valence-electron chi connectivity index (χ1n) is 11.3. The SMILES string of the molecule is CC(C)(C)OC(=O)N1C[C@H](CO)[C@H]1CO[Si](c1ccccc1)(c1ccccc1)C(C)(C)C. The van der Waals surface area contributed by atoms with Gasteiger partial charge in [0.05, 0.1) is 12.6 Å². The standard InChI is InChI=1S/C26H37NO4Si/c1-25(2,3)31-24(29)27-17-20(18-28)23(27)19-30-32(26(4,5)6,21-13-9-7-10-14-21)22-15-11-8-12-16-22/h7-16,20,23,28H,17-19H2,1-6H3/t20-,23-/m1/s1. The Hall–Kier alpha value is -2.15. The number of ether oxygens (including phenoxy) is 1. The summed E-state index contributed by atoms with van der Waals surface area (Å²) in [4.78, 5) is 14.5. The van der Waals surface area contributed by atoms with Crippen LogP contribution < -0.4 is 10.4 Å². The van der Waals surface area contributed by atoms with Crippen LogP contribution in [0.15, 0.2) is 60.7 Å². The molecule has 3 rings (SSSR count). The van der Waals surface area contributed by atoms with Crippen LogP contribution in [0.2, 0.25) is 5.04 Å². The molecule has 5 nitrogen and oxygen atoms in total. The average molecular weight is 456 g/mol. The number of amides is 1. The molecule has 0 saturated carbocycles. The van der Waals surface area contributed by atoms with Gasteiger partial charge in [-0.1, -0.05) is 81.4 Å². The molecule has 2 aromatic rings. The second-order valence-corrected chi connectivity index (χ2v) is 14.9. The van der Waals surface area contributed by atoms with Crippen LogP contribution in [0, 0.1) is 5.92 Å². The van der Waals surface area contributed by atoms with Crippen LogP contribution in [0.25, 0.3) is 0 Å². The van der Waals surface area contributed by atoms with Crippen LogP contribution in [0.5, 0.6) is 0 Å². The van der Waals surface area contributed by atoms with Gasteiger partial charge in [0.25, 0.3) is 8.32 Å². The minimum absolute atomic E-state index is 0.0132. The fraction of sp³-hybridized carbons (Fsp3) is 0.500. The number of likely N-dealkylation sites (tertiary alicyclic amines) is 1. The number of aliphatic hydroxyl groups excluding tert-OH is 1. The molecule has 0 spiro atoms. The molecule has 1 saturated heterocycles.